The van der Waals surface area contributed by atoms with Crippen LogP contribution in [0.5, 0.6) is 0 Å². The summed E-state index contributed by atoms with van der Waals surface area (Å²) in [5.41, 5.74) is 3.29. The molecule has 0 radical (unpaired) electrons. The second-order valence-electron chi connectivity index (χ2n) is 5.64. The van der Waals surface area contributed by atoms with Crippen LogP contribution in [0, 0.1) is 0 Å². The summed E-state index contributed by atoms with van der Waals surface area (Å²) in [7, 11) is 0. The van der Waals surface area contributed by atoms with Crippen molar-refractivity contribution >= 4 is 39.8 Å². The molecule has 4 nitrogen and oxygen atoms in total. The lowest BCUT2D eigenvalue weighted by atomic mass is 9.97. The van der Waals surface area contributed by atoms with Crippen LogP contribution in [0.3, 0.4) is 0 Å². The van der Waals surface area contributed by atoms with Gasteiger partial charge in [0.05, 0.1) is 12.0 Å². The van der Waals surface area contributed by atoms with Crippen LogP contribution < -0.4 is 5.32 Å². The average molecular weight is 345 g/mol. The molecule has 0 aliphatic carbocycles. The maximum Gasteiger partial charge on any atom is 0.236 e. The highest BCUT2D eigenvalue weighted by molar-refractivity contribution is 8.15. The lowest BCUT2D eigenvalue weighted by Crippen LogP contribution is -2.19. The molecule has 0 spiro atoms. The molecule has 0 aromatic heterocycles. The van der Waals surface area contributed by atoms with E-state index in [4.69, 9.17) is 0 Å². The maximum atomic E-state index is 11.1. The molecule has 122 valence electrons. The summed E-state index contributed by atoms with van der Waals surface area (Å²) in [5.74, 6) is 0.377. The Kier molecular flexibility index (Phi) is 4.31. The van der Waals surface area contributed by atoms with Crippen LogP contribution in [0.15, 0.2) is 76.9 Å². The van der Waals surface area contributed by atoms with Crippen LogP contribution >= 0.6 is 11.8 Å². The Morgan fingerprint density at radius 2 is 1.84 bits per heavy atom. The molecule has 1 aliphatic rings. The largest absolute Gasteiger partial charge is 0.303 e. The number of benzene rings is 3. The van der Waals surface area contributed by atoms with E-state index >= 15 is 0 Å². The van der Waals surface area contributed by atoms with Crippen LogP contribution in [-0.4, -0.2) is 23.0 Å². The number of hydrogen-bond donors (Lipinski definition) is 1. The standard InChI is InChI=1S/C20H15N3OS/c24-19-13-25-20(22-19)23-21-12-14-5-3-8-16(11-14)18-10-4-7-15-6-1-2-9-17(15)18/h1-12H,13H2,(H,22,23,24). The van der Waals surface area contributed by atoms with Gasteiger partial charge in [0.1, 0.15) is 0 Å². The molecule has 3 aromatic carbocycles. The molecule has 1 fully saturated rings. The van der Waals surface area contributed by atoms with Crippen LogP contribution in [0.1, 0.15) is 5.56 Å². The Morgan fingerprint density at radius 1 is 1.00 bits per heavy atom. The smallest absolute Gasteiger partial charge is 0.236 e. The molecule has 1 saturated heterocycles. The zero-order valence-electron chi connectivity index (χ0n) is 13.3. The first-order valence-corrected chi connectivity index (χ1v) is 8.90. The van der Waals surface area contributed by atoms with Gasteiger partial charge in [0.25, 0.3) is 0 Å². The van der Waals surface area contributed by atoms with E-state index in [2.05, 4.69) is 64.1 Å². The van der Waals surface area contributed by atoms with E-state index in [0.717, 1.165) is 11.1 Å². The minimum atomic E-state index is -0.0306. The molecule has 3 aromatic rings. The van der Waals surface area contributed by atoms with Gasteiger partial charge in [-0.3, -0.25) is 4.79 Å². The number of nitrogens with zero attached hydrogens (tertiary/aromatic N) is 2. The summed E-state index contributed by atoms with van der Waals surface area (Å²) in [6.07, 6.45) is 1.70. The molecule has 0 bridgehead atoms. The lowest BCUT2D eigenvalue weighted by molar-refractivity contribution is -0.116. The van der Waals surface area contributed by atoms with E-state index in [-0.39, 0.29) is 5.91 Å². The first-order valence-electron chi connectivity index (χ1n) is 7.91. The van der Waals surface area contributed by atoms with Crippen molar-refractivity contribution < 1.29 is 4.79 Å². The average Bonchev–Trinajstić information content (AvgIpc) is 3.07. The number of amides is 1. The van der Waals surface area contributed by atoms with Gasteiger partial charge in [0.2, 0.25) is 5.91 Å². The van der Waals surface area contributed by atoms with Gasteiger partial charge >= 0.3 is 0 Å². The van der Waals surface area contributed by atoms with E-state index in [9.17, 15) is 4.79 Å². The molecule has 0 saturated carbocycles. The highest BCUT2D eigenvalue weighted by Crippen LogP contribution is 2.28. The molecule has 1 heterocycles. The number of carbonyl (C=O) groups excluding carboxylic acids is 1. The van der Waals surface area contributed by atoms with Crippen LogP contribution in [0.25, 0.3) is 21.9 Å². The van der Waals surface area contributed by atoms with E-state index in [1.807, 2.05) is 18.2 Å². The number of nitrogens with one attached hydrogen (secondary N) is 1. The second-order valence-corrected chi connectivity index (χ2v) is 6.60. The summed E-state index contributed by atoms with van der Waals surface area (Å²) in [4.78, 5) is 11.1. The summed E-state index contributed by atoms with van der Waals surface area (Å²) < 4.78 is 0. The molecule has 25 heavy (non-hydrogen) atoms. The highest BCUT2D eigenvalue weighted by atomic mass is 32.2. The Labute approximate surface area is 149 Å². The summed E-state index contributed by atoms with van der Waals surface area (Å²) >= 11 is 1.36. The van der Waals surface area contributed by atoms with E-state index in [1.54, 1.807) is 6.21 Å². The second kappa shape index (κ2) is 6.91. The van der Waals surface area contributed by atoms with Gasteiger partial charge in [0, 0.05) is 0 Å². The summed E-state index contributed by atoms with van der Waals surface area (Å²) in [5, 5.41) is 13.8. The van der Waals surface area contributed by atoms with Gasteiger partial charge < -0.3 is 5.32 Å². The highest BCUT2D eigenvalue weighted by Gasteiger charge is 2.15. The zero-order chi connectivity index (χ0) is 17.1. The van der Waals surface area contributed by atoms with Gasteiger partial charge in [-0.25, -0.2) is 0 Å². The fraction of sp³-hybridized carbons (Fsp3) is 0.0500. The molecule has 0 atom stereocenters. The quantitative estimate of drug-likeness (QED) is 0.575. The molecular weight excluding hydrogens is 330 g/mol. The van der Waals surface area contributed by atoms with Crippen molar-refractivity contribution in [2.24, 2.45) is 10.2 Å². The van der Waals surface area contributed by atoms with Gasteiger partial charge in [-0.15, -0.1) is 5.10 Å². The van der Waals surface area contributed by atoms with Crippen molar-refractivity contribution in [2.75, 3.05) is 5.75 Å². The van der Waals surface area contributed by atoms with E-state index in [1.165, 1.54) is 28.1 Å². The normalized spacial score (nSPS) is 16.0. The molecule has 5 heteroatoms. The number of hydrogen-bond acceptors (Lipinski definition) is 4. The van der Waals surface area contributed by atoms with Crippen molar-refractivity contribution in [1.29, 1.82) is 0 Å². The maximum absolute atomic E-state index is 11.1. The Hall–Kier alpha value is -2.92. The van der Waals surface area contributed by atoms with Crippen LogP contribution in [0.4, 0.5) is 0 Å². The van der Waals surface area contributed by atoms with Crippen molar-refractivity contribution in [3.8, 4) is 11.1 Å². The fourth-order valence-corrected chi connectivity index (χ4v) is 3.42. The van der Waals surface area contributed by atoms with Crippen molar-refractivity contribution in [3.05, 3.63) is 72.3 Å². The minimum Gasteiger partial charge on any atom is -0.303 e. The third kappa shape index (κ3) is 3.46. The van der Waals surface area contributed by atoms with Gasteiger partial charge in [-0.2, -0.15) is 5.10 Å². The van der Waals surface area contributed by atoms with Gasteiger partial charge in [-0.1, -0.05) is 72.4 Å². The Morgan fingerprint density at radius 3 is 2.72 bits per heavy atom. The van der Waals surface area contributed by atoms with Crippen molar-refractivity contribution in [2.45, 2.75) is 0 Å². The van der Waals surface area contributed by atoms with Crippen molar-refractivity contribution in [1.82, 2.24) is 5.32 Å². The molecule has 0 unspecified atom stereocenters. The number of rotatable bonds is 3. The van der Waals surface area contributed by atoms with E-state index in [0.29, 0.717) is 10.9 Å². The Balaban J connectivity index is 1.64. The topological polar surface area (TPSA) is 53.8 Å². The molecular formula is C20H15N3OS. The predicted octanol–water partition coefficient (Wildman–Crippen LogP) is 4.06. The van der Waals surface area contributed by atoms with Crippen LogP contribution in [-0.2, 0) is 4.79 Å². The van der Waals surface area contributed by atoms with Gasteiger partial charge in [-0.05, 0) is 33.5 Å². The number of thioether (sulfide) groups is 1. The fourth-order valence-electron chi connectivity index (χ4n) is 2.79. The molecule has 1 N–H and O–H groups in total. The zero-order valence-corrected chi connectivity index (χ0v) is 14.2. The molecule has 1 amide bonds. The third-order valence-corrected chi connectivity index (χ3v) is 4.79. The number of carbonyl (C=O) groups is 1. The molecule has 4 rings (SSSR count). The SMILES string of the molecule is O=C1CSC(=NN=Cc2cccc(-c3cccc4ccccc34)c2)N1. The van der Waals surface area contributed by atoms with E-state index < -0.39 is 0 Å². The van der Waals surface area contributed by atoms with Crippen molar-refractivity contribution in [3.63, 3.8) is 0 Å². The first kappa shape index (κ1) is 15.6. The lowest BCUT2D eigenvalue weighted by Gasteiger charge is -2.07. The summed E-state index contributed by atoms with van der Waals surface area (Å²) in [6, 6.07) is 22.9. The monoisotopic (exact) mass is 345 g/mol. The first-order chi connectivity index (χ1) is 12.3. The summed E-state index contributed by atoms with van der Waals surface area (Å²) in [6.45, 7) is 0. The molecule has 1 aliphatic heterocycles. The number of amidine groups is 1. The third-order valence-electron chi connectivity index (χ3n) is 3.93. The van der Waals surface area contributed by atoms with Gasteiger partial charge in [0.15, 0.2) is 5.17 Å². The Bertz CT molecular complexity index is 1010. The number of fused-ring (bicyclic) bond motifs is 1. The van der Waals surface area contributed by atoms with Crippen LogP contribution in [0.2, 0.25) is 0 Å². The predicted molar refractivity (Wildman–Crippen MR) is 105 cm³/mol. The minimum absolute atomic E-state index is 0.0306.